The maximum atomic E-state index is 13.2. The molecule has 1 fully saturated rings. The standard InChI is InChI=1S/C28H22Cl2N6O4/c1-40-23-12-18(36-28(39)34-25(35-36)24-17(13-31)3-2-4-21(24)30)8-9-19(23)27(38)33-22-11-15(5-10-20(22)29)14-32-26(37)16-6-7-16/h2-5,8-12,16H,6-7,14H2,1H3,(H,32,37)(H,33,38)(H,34,35,39). The third-order valence-corrected chi connectivity index (χ3v) is 7.00. The van der Waals surface area contributed by atoms with E-state index in [2.05, 4.69) is 20.7 Å². The SMILES string of the molecule is COc1cc(-n2nc(-c3c(Cl)cccc3C#N)[nH]c2=O)ccc1C(=O)Nc1cc(CNC(=O)C2CC2)ccc1Cl. The number of nitrogens with zero attached hydrogens (tertiary/aromatic N) is 3. The van der Waals surface area contributed by atoms with Crippen LogP contribution < -0.4 is 21.1 Å². The van der Waals surface area contributed by atoms with E-state index in [0.29, 0.717) is 28.5 Å². The third kappa shape index (κ3) is 5.57. The fourth-order valence-corrected chi connectivity index (χ4v) is 4.55. The number of aromatic nitrogens is 3. The van der Waals surface area contributed by atoms with Gasteiger partial charge in [0.1, 0.15) is 5.75 Å². The lowest BCUT2D eigenvalue weighted by atomic mass is 10.1. The number of halogens is 2. The predicted octanol–water partition coefficient (Wildman–Crippen LogP) is 4.69. The van der Waals surface area contributed by atoms with Crippen LogP contribution in [0.4, 0.5) is 5.69 Å². The number of anilines is 1. The molecule has 4 aromatic rings. The number of methoxy groups -OCH3 is 1. The quantitative estimate of drug-likeness (QED) is 0.277. The molecule has 5 rings (SSSR count). The summed E-state index contributed by atoms with van der Waals surface area (Å²) in [6, 6.07) is 16.5. The number of amides is 2. The maximum Gasteiger partial charge on any atom is 0.348 e. The van der Waals surface area contributed by atoms with E-state index in [9.17, 15) is 19.6 Å². The number of H-pyrrole nitrogens is 1. The molecule has 12 heteroatoms. The highest BCUT2D eigenvalue weighted by Gasteiger charge is 2.29. The van der Waals surface area contributed by atoms with Crippen LogP contribution in [-0.4, -0.2) is 33.7 Å². The van der Waals surface area contributed by atoms with Gasteiger partial charge in [-0.05, 0) is 54.8 Å². The lowest BCUT2D eigenvalue weighted by Gasteiger charge is -2.13. The summed E-state index contributed by atoms with van der Waals surface area (Å²) in [5.74, 6) is -0.0706. The van der Waals surface area contributed by atoms with Gasteiger partial charge in [-0.1, -0.05) is 35.3 Å². The summed E-state index contributed by atoms with van der Waals surface area (Å²) in [7, 11) is 1.40. The van der Waals surface area contributed by atoms with Crippen molar-refractivity contribution in [1.82, 2.24) is 20.1 Å². The van der Waals surface area contributed by atoms with E-state index in [4.69, 9.17) is 27.9 Å². The average molecular weight is 577 g/mol. The second-order valence-corrected chi connectivity index (χ2v) is 9.92. The van der Waals surface area contributed by atoms with Gasteiger partial charge >= 0.3 is 5.69 Å². The van der Waals surface area contributed by atoms with Gasteiger partial charge in [-0.25, -0.2) is 4.79 Å². The van der Waals surface area contributed by atoms with Gasteiger partial charge in [-0.15, -0.1) is 5.10 Å². The van der Waals surface area contributed by atoms with Crippen molar-refractivity contribution in [2.24, 2.45) is 5.92 Å². The van der Waals surface area contributed by atoms with Gasteiger partial charge in [0.15, 0.2) is 5.82 Å². The normalized spacial score (nSPS) is 12.4. The van der Waals surface area contributed by atoms with Crippen molar-refractivity contribution < 1.29 is 14.3 Å². The molecule has 10 nitrogen and oxygen atoms in total. The highest BCUT2D eigenvalue weighted by atomic mass is 35.5. The number of nitriles is 1. The smallest absolute Gasteiger partial charge is 0.348 e. The van der Waals surface area contributed by atoms with Crippen molar-refractivity contribution in [1.29, 1.82) is 5.26 Å². The van der Waals surface area contributed by atoms with Crippen LogP contribution in [-0.2, 0) is 11.3 Å². The zero-order valence-corrected chi connectivity index (χ0v) is 22.6. The van der Waals surface area contributed by atoms with Crippen LogP contribution in [0.2, 0.25) is 10.0 Å². The Hall–Kier alpha value is -4.59. The first-order valence-corrected chi connectivity index (χ1v) is 13.0. The second kappa shape index (κ2) is 11.3. The second-order valence-electron chi connectivity index (χ2n) is 9.11. The van der Waals surface area contributed by atoms with Crippen LogP contribution in [0.3, 0.4) is 0 Å². The number of carbonyl (C=O) groups is 2. The largest absolute Gasteiger partial charge is 0.496 e. The Kier molecular flexibility index (Phi) is 7.60. The monoisotopic (exact) mass is 576 g/mol. The minimum Gasteiger partial charge on any atom is -0.496 e. The molecule has 1 saturated carbocycles. The van der Waals surface area contributed by atoms with E-state index >= 15 is 0 Å². The van der Waals surface area contributed by atoms with Gasteiger partial charge in [-0.3, -0.25) is 14.6 Å². The van der Waals surface area contributed by atoms with Crippen LogP contribution in [0.15, 0.2) is 59.4 Å². The van der Waals surface area contributed by atoms with Crippen LogP contribution in [0, 0.1) is 17.2 Å². The number of ether oxygens (including phenoxy) is 1. The highest BCUT2D eigenvalue weighted by molar-refractivity contribution is 6.34. The molecule has 0 bridgehead atoms. The molecule has 0 atom stereocenters. The first kappa shape index (κ1) is 27.0. The summed E-state index contributed by atoms with van der Waals surface area (Å²) < 4.78 is 6.53. The molecule has 0 saturated heterocycles. The predicted molar refractivity (Wildman–Crippen MR) is 150 cm³/mol. The molecule has 1 aliphatic carbocycles. The van der Waals surface area contributed by atoms with Crippen molar-refractivity contribution >= 4 is 40.7 Å². The van der Waals surface area contributed by atoms with E-state index in [0.717, 1.165) is 23.1 Å². The molecule has 0 aliphatic heterocycles. The number of aromatic amines is 1. The maximum absolute atomic E-state index is 13.2. The van der Waals surface area contributed by atoms with Crippen molar-refractivity contribution in [3.8, 4) is 28.9 Å². The van der Waals surface area contributed by atoms with E-state index < -0.39 is 11.6 Å². The van der Waals surface area contributed by atoms with Gasteiger partial charge in [-0.2, -0.15) is 9.94 Å². The topological polar surface area (TPSA) is 142 Å². The zero-order chi connectivity index (χ0) is 28.4. The van der Waals surface area contributed by atoms with E-state index in [1.54, 1.807) is 36.4 Å². The number of benzene rings is 3. The lowest BCUT2D eigenvalue weighted by Crippen LogP contribution is -2.24. The van der Waals surface area contributed by atoms with Gasteiger partial charge in [0.25, 0.3) is 5.91 Å². The number of carbonyl (C=O) groups excluding carboxylic acids is 2. The van der Waals surface area contributed by atoms with E-state index in [1.165, 1.54) is 25.3 Å². The first-order chi connectivity index (χ1) is 19.3. The minimum absolute atomic E-state index is 0.0193. The minimum atomic E-state index is -0.574. The Morgan fingerprint density at radius 3 is 2.67 bits per heavy atom. The van der Waals surface area contributed by atoms with E-state index in [1.807, 2.05) is 6.07 Å². The third-order valence-electron chi connectivity index (χ3n) is 6.36. The summed E-state index contributed by atoms with van der Waals surface area (Å²) in [5, 5.41) is 20.0. The molecule has 3 aromatic carbocycles. The van der Waals surface area contributed by atoms with Crippen molar-refractivity contribution in [3.05, 3.63) is 91.8 Å². The number of rotatable bonds is 8. The molecule has 1 aliphatic rings. The average Bonchev–Trinajstić information content (AvgIpc) is 3.74. The molecule has 1 aromatic heterocycles. The van der Waals surface area contributed by atoms with Crippen molar-refractivity contribution in [2.45, 2.75) is 19.4 Å². The summed E-state index contributed by atoms with van der Waals surface area (Å²) in [4.78, 5) is 40.5. The molecular weight excluding hydrogens is 555 g/mol. The fraction of sp³-hybridized carbons (Fsp3) is 0.179. The molecular formula is C28H22Cl2N6O4. The van der Waals surface area contributed by atoms with Crippen LogP contribution in [0.5, 0.6) is 5.75 Å². The van der Waals surface area contributed by atoms with Crippen LogP contribution in [0.1, 0.15) is 34.3 Å². The molecule has 40 heavy (non-hydrogen) atoms. The Morgan fingerprint density at radius 2 is 1.95 bits per heavy atom. The number of nitrogens with one attached hydrogen (secondary N) is 3. The van der Waals surface area contributed by atoms with Crippen LogP contribution in [0.25, 0.3) is 17.1 Å². The van der Waals surface area contributed by atoms with Crippen molar-refractivity contribution in [2.75, 3.05) is 12.4 Å². The molecule has 0 unspecified atom stereocenters. The van der Waals surface area contributed by atoms with Gasteiger partial charge < -0.3 is 15.4 Å². The molecule has 1 heterocycles. The Labute approximate surface area is 238 Å². The van der Waals surface area contributed by atoms with Crippen LogP contribution >= 0.6 is 23.2 Å². The molecule has 2 amide bonds. The fourth-order valence-electron chi connectivity index (χ4n) is 4.12. The molecule has 3 N–H and O–H groups in total. The van der Waals surface area contributed by atoms with Gasteiger partial charge in [0.2, 0.25) is 5.91 Å². The molecule has 0 radical (unpaired) electrons. The summed E-state index contributed by atoms with van der Waals surface area (Å²) in [6.45, 7) is 0.317. The van der Waals surface area contributed by atoms with Crippen molar-refractivity contribution in [3.63, 3.8) is 0 Å². The van der Waals surface area contributed by atoms with Gasteiger partial charge in [0.05, 0.1) is 51.3 Å². The summed E-state index contributed by atoms with van der Waals surface area (Å²) in [5.41, 5.74) is 1.65. The summed E-state index contributed by atoms with van der Waals surface area (Å²) >= 11 is 12.6. The number of hydrogen-bond donors (Lipinski definition) is 3. The zero-order valence-electron chi connectivity index (χ0n) is 21.1. The molecule has 202 valence electrons. The highest BCUT2D eigenvalue weighted by Crippen LogP contribution is 2.31. The first-order valence-electron chi connectivity index (χ1n) is 12.2. The molecule has 0 spiro atoms. The Morgan fingerprint density at radius 1 is 1.15 bits per heavy atom. The van der Waals surface area contributed by atoms with Gasteiger partial charge in [0, 0.05) is 18.5 Å². The van der Waals surface area contributed by atoms with E-state index in [-0.39, 0.29) is 39.5 Å². The summed E-state index contributed by atoms with van der Waals surface area (Å²) in [6.07, 6.45) is 1.82. The Balaban J connectivity index is 1.38. The Bertz CT molecular complexity index is 1740. The lowest BCUT2D eigenvalue weighted by molar-refractivity contribution is -0.122. The number of hydrogen-bond acceptors (Lipinski definition) is 6.